The van der Waals surface area contributed by atoms with Crippen molar-refractivity contribution >= 4 is 11.8 Å². The van der Waals surface area contributed by atoms with E-state index in [9.17, 15) is 9.59 Å². The molecule has 0 radical (unpaired) electrons. The first-order valence-electron chi connectivity index (χ1n) is 8.32. The van der Waals surface area contributed by atoms with Crippen LogP contribution in [0, 0.1) is 11.3 Å². The highest BCUT2D eigenvalue weighted by Gasteiger charge is 2.42. The summed E-state index contributed by atoms with van der Waals surface area (Å²) in [5.41, 5.74) is 0.161. The minimum Gasteiger partial charge on any atom is -0.342 e. The lowest BCUT2D eigenvalue weighted by Gasteiger charge is -2.42. The molecule has 21 heavy (non-hydrogen) atoms. The molecule has 1 aliphatic heterocycles. The SMILES string of the molecule is CCCC1NC(=O)C(C(C)CC)N(CCC(C)(C)C)C1=O. The molecule has 4 heteroatoms. The summed E-state index contributed by atoms with van der Waals surface area (Å²) in [5, 5.41) is 2.93. The molecular formula is C17H32N2O2. The first kappa shape index (κ1) is 18.0. The van der Waals surface area contributed by atoms with Crippen LogP contribution in [0.1, 0.15) is 67.2 Å². The molecule has 0 aromatic heterocycles. The first-order valence-corrected chi connectivity index (χ1v) is 8.32. The summed E-state index contributed by atoms with van der Waals surface area (Å²) in [4.78, 5) is 27.0. The molecule has 1 heterocycles. The van der Waals surface area contributed by atoms with Gasteiger partial charge in [-0.2, -0.15) is 0 Å². The monoisotopic (exact) mass is 296 g/mol. The molecule has 1 N–H and O–H groups in total. The molecule has 4 nitrogen and oxygen atoms in total. The van der Waals surface area contributed by atoms with Gasteiger partial charge in [0.15, 0.2) is 0 Å². The third-order valence-electron chi connectivity index (χ3n) is 4.37. The van der Waals surface area contributed by atoms with E-state index in [-0.39, 0.29) is 35.2 Å². The van der Waals surface area contributed by atoms with Gasteiger partial charge < -0.3 is 10.2 Å². The Labute approximate surface area is 129 Å². The van der Waals surface area contributed by atoms with E-state index in [0.717, 1.165) is 25.7 Å². The van der Waals surface area contributed by atoms with E-state index in [1.807, 2.05) is 11.8 Å². The van der Waals surface area contributed by atoms with Crippen LogP contribution in [-0.4, -0.2) is 35.3 Å². The van der Waals surface area contributed by atoms with E-state index in [4.69, 9.17) is 0 Å². The Morgan fingerprint density at radius 2 is 1.86 bits per heavy atom. The standard InChI is InChI=1S/C17H32N2O2/c1-7-9-13-16(21)19(11-10-17(4,5)6)14(12(3)8-2)15(20)18-13/h12-14H,7-11H2,1-6H3,(H,18,20). The number of carbonyl (C=O) groups excluding carboxylic acids is 2. The second kappa shape index (κ2) is 7.28. The van der Waals surface area contributed by atoms with Gasteiger partial charge in [-0.05, 0) is 24.2 Å². The predicted octanol–water partition coefficient (Wildman–Crippen LogP) is 2.96. The van der Waals surface area contributed by atoms with Crippen LogP contribution in [-0.2, 0) is 9.59 Å². The quantitative estimate of drug-likeness (QED) is 0.819. The normalized spacial score (nSPS) is 25.0. The summed E-state index contributed by atoms with van der Waals surface area (Å²) in [7, 11) is 0. The van der Waals surface area contributed by atoms with Crippen LogP contribution < -0.4 is 5.32 Å². The van der Waals surface area contributed by atoms with Gasteiger partial charge in [0.1, 0.15) is 12.1 Å². The molecule has 0 aliphatic carbocycles. The fraction of sp³-hybridized carbons (Fsp3) is 0.882. The highest BCUT2D eigenvalue weighted by molar-refractivity contribution is 5.97. The number of piperazine rings is 1. The Morgan fingerprint density at radius 1 is 1.24 bits per heavy atom. The Hall–Kier alpha value is -1.06. The van der Waals surface area contributed by atoms with E-state index in [1.54, 1.807) is 0 Å². The van der Waals surface area contributed by atoms with Crippen molar-refractivity contribution in [1.29, 1.82) is 0 Å². The maximum absolute atomic E-state index is 12.7. The second-order valence-electron chi connectivity index (χ2n) is 7.52. The number of amides is 2. The van der Waals surface area contributed by atoms with Gasteiger partial charge in [0.2, 0.25) is 11.8 Å². The van der Waals surface area contributed by atoms with Gasteiger partial charge in [-0.25, -0.2) is 0 Å². The van der Waals surface area contributed by atoms with Crippen LogP contribution in [0.4, 0.5) is 0 Å². The van der Waals surface area contributed by atoms with Crippen LogP contribution in [0.25, 0.3) is 0 Å². The van der Waals surface area contributed by atoms with Gasteiger partial charge in [0.25, 0.3) is 0 Å². The zero-order valence-electron chi connectivity index (χ0n) is 14.5. The molecule has 0 aromatic carbocycles. The fourth-order valence-corrected chi connectivity index (χ4v) is 2.78. The van der Waals surface area contributed by atoms with Gasteiger partial charge in [0, 0.05) is 6.54 Å². The van der Waals surface area contributed by atoms with Crippen molar-refractivity contribution in [2.75, 3.05) is 6.54 Å². The minimum atomic E-state index is -0.331. The summed E-state index contributed by atoms with van der Waals surface area (Å²) in [6.07, 6.45) is 3.44. The van der Waals surface area contributed by atoms with Gasteiger partial charge in [-0.15, -0.1) is 0 Å². The van der Waals surface area contributed by atoms with Crippen LogP contribution in [0.5, 0.6) is 0 Å². The fourth-order valence-electron chi connectivity index (χ4n) is 2.78. The van der Waals surface area contributed by atoms with Crippen molar-refractivity contribution in [3.63, 3.8) is 0 Å². The van der Waals surface area contributed by atoms with Crippen molar-refractivity contribution in [3.05, 3.63) is 0 Å². The van der Waals surface area contributed by atoms with Crippen LogP contribution >= 0.6 is 0 Å². The average Bonchev–Trinajstić information content (AvgIpc) is 2.39. The second-order valence-corrected chi connectivity index (χ2v) is 7.52. The molecule has 1 aliphatic rings. The highest BCUT2D eigenvalue weighted by atomic mass is 16.2. The largest absolute Gasteiger partial charge is 0.342 e. The zero-order chi connectivity index (χ0) is 16.2. The zero-order valence-corrected chi connectivity index (χ0v) is 14.5. The Kier molecular flexibility index (Phi) is 6.24. The van der Waals surface area contributed by atoms with Crippen LogP contribution in [0.3, 0.4) is 0 Å². The van der Waals surface area contributed by atoms with E-state index in [0.29, 0.717) is 6.54 Å². The molecule has 2 amide bonds. The molecule has 0 spiro atoms. The lowest BCUT2D eigenvalue weighted by Crippen LogP contribution is -2.65. The minimum absolute atomic E-state index is 0.0244. The summed E-state index contributed by atoms with van der Waals surface area (Å²) in [6, 6.07) is -0.638. The van der Waals surface area contributed by atoms with E-state index < -0.39 is 0 Å². The molecule has 3 unspecified atom stereocenters. The van der Waals surface area contributed by atoms with Crippen molar-refractivity contribution in [3.8, 4) is 0 Å². The van der Waals surface area contributed by atoms with Crippen molar-refractivity contribution in [1.82, 2.24) is 10.2 Å². The summed E-state index contributed by atoms with van der Waals surface area (Å²) in [5.74, 6) is 0.318. The molecule has 1 fully saturated rings. The summed E-state index contributed by atoms with van der Waals surface area (Å²) in [6.45, 7) is 13.4. The Balaban J connectivity index is 2.94. The molecule has 0 aromatic rings. The number of carbonyl (C=O) groups is 2. The van der Waals surface area contributed by atoms with Gasteiger partial charge in [0.05, 0.1) is 0 Å². The number of rotatable bonds is 6. The topological polar surface area (TPSA) is 49.4 Å². The van der Waals surface area contributed by atoms with E-state index >= 15 is 0 Å². The van der Waals surface area contributed by atoms with Crippen molar-refractivity contribution < 1.29 is 9.59 Å². The summed E-state index contributed by atoms with van der Waals surface area (Å²) < 4.78 is 0. The van der Waals surface area contributed by atoms with Gasteiger partial charge in [-0.1, -0.05) is 54.4 Å². The smallest absolute Gasteiger partial charge is 0.245 e. The summed E-state index contributed by atoms with van der Waals surface area (Å²) >= 11 is 0. The number of hydrogen-bond acceptors (Lipinski definition) is 2. The molecule has 3 atom stereocenters. The maximum atomic E-state index is 12.7. The molecule has 1 rings (SSSR count). The molecule has 1 saturated heterocycles. The van der Waals surface area contributed by atoms with Crippen molar-refractivity contribution in [2.45, 2.75) is 79.3 Å². The van der Waals surface area contributed by atoms with Crippen LogP contribution in [0.2, 0.25) is 0 Å². The highest BCUT2D eigenvalue weighted by Crippen LogP contribution is 2.25. The Bertz CT molecular complexity index is 373. The van der Waals surface area contributed by atoms with Crippen molar-refractivity contribution in [2.24, 2.45) is 11.3 Å². The van der Waals surface area contributed by atoms with Gasteiger partial charge in [-0.3, -0.25) is 9.59 Å². The average molecular weight is 296 g/mol. The first-order chi connectivity index (χ1) is 9.71. The molecular weight excluding hydrogens is 264 g/mol. The van der Waals surface area contributed by atoms with Crippen LogP contribution in [0.15, 0.2) is 0 Å². The maximum Gasteiger partial charge on any atom is 0.245 e. The molecule has 0 saturated carbocycles. The third-order valence-corrected chi connectivity index (χ3v) is 4.37. The molecule has 0 bridgehead atoms. The van der Waals surface area contributed by atoms with Gasteiger partial charge >= 0.3 is 0 Å². The lowest BCUT2D eigenvalue weighted by molar-refractivity contribution is -0.152. The lowest BCUT2D eigenvalue weighted by atomic mass is 9.88. The number of nitrogens with zero attached hydrogens (tertiary/aromatic N) is 1. The number of hydrogen-bond donors (Lipinski definition) is 1. The Morgan fingerprint density at radius 3 is 2.33 bits per heavy atom. The van der Waals surface area contributed by atoms with E-state index in [1.165, 1.54) is 0 Å². The van der Waals surface area contributed by atoms with E-state index in [2.05, 4.69) is 39.9 Å². The molecule has 122 valence electrons. The predicted molar refractivity (Wildman–Crippen MR) is 85.9 cm³/mol. The third kappa shape index (κ3) is 4.72. The number of nitrogens with one attached hydrogen (secondary N) is 1.